The van der Waals surface area contributed by atoms with E-state index in [1.165, 1.54) is 18.2 Å². The highest BCUT2D eigenvalue weighted by Gasteiger charge is 2.28. The Morgan fingerprint density at radius 3 is 2.17 bits per heavy atom. The zero-order chi connectivity index (χ0) is 22.2. The molecule has 6 nitrogen and oxygen atoms in total. The number of benzene rings is 2. The summed E-state index contributed by atoms with van der Waals surface area (Å²) in [6, 6.07) is 5.76. The van der Waals surface area contributed by atoms with Crippen molar-refractivity contribution in [2.24, 2.45) is 11.8 Å². The highest BCUT2D eigenvalue weighted by Crippen LogP contribution is 2.41. The molecule has 1 N–H and O–H groups in total. The number of nitro benzene ring substituents is 1. The van der Waals surface area contributed by atoms with Crippen molar-refractivity contribution < 1.29 is 9.72 Å². The van der Waals surface area contributed by atoms with Crippen LogP contribution in [0.5, 0.6) is 0 Å². The molecule has 2 aromatic carbocycles. The van der Waals surface area contributed by atoms with Crippen LogP contribution in [0.1, 0.15) is 30.6 Å². The molecule has 1 aliphatic rings. The Labute approximate surface area is 194 Å². The summed E-state index contributed by atoms with van der Waals surface area (Å²) < 4.78 is 0. The van der Waals surface area contributed by atoms with Crippen LogP contribution >= 0.6 is 46.4 Å². The van der Waals surface area contributed by atoms with E-state index in [9.17, 15) is 14.9 Å². The Balaban J connectivity index is 1.93. The highest BCUT2D eigenvalue weighted by atomic mass is 35.5. The van der Waals surface area contributed by atoms with Crippen LogP contribution in [0.4, 0.5) is 17.1 Å². The maximum Gasteiger partial charge on any atom is 0.293 e. The molecule has 2 atom stereocenters. The standard InChI is InChI=1S/C20H19Cl4N3O3/c1-10-5-11(2)9-26(8-10)15-4-3-12(6-16(15)27(29)30)20(28)25-19-17(23)13(21)7-14(22)18(19)24/h3-4,6-7,10-11H,5,8-9H2,1-2H3,(H,25,28)/t10-,11+. The van der Waals surface area contributed by atoms with E-state index in [2.05, 4.69) is 19.2 Å². The van der Waals surface area contributed by atoms with Gasteiger partial charge in [0.25, 0.3) is 11.6 Å². The molecule has 160 valence electrons. The first-order chi connectivity index (χ1) is 14.1. The minimum atomic E-state index is -0.618. The van der Waals surface area contributed by atoms with E-state index >= 15 is 0 Å². The molecule has 1 fully saturated rings. The van der Waals surface area contributed by atoms with Gasteiger partial charge in [-0.05, 0) is 36.5 Å². The third kappa shape index (κ3) is 4.78. The van der Waals surface area contributed by atoms with Gasteiger partial charge < -0.3 is 10.2 Å². The zero-order valence-corrected chi connectivity index (χ0v) is 19.2. The SMILES string of the molecule is C[C@@H]1C[C@H](C)CN(c2ccc(C(=O)Nc3c(Cl)c(Cl)cc(Cl)c3Cl)cc2[N+](=O)[O-])C1. The largest absolute Gasteiger partial charge is 0.365 e. The van der Waals surface area contributed by atoms with Crippen LogP contribution in [-0.2, 0) is 0 Å². The molecule has 1 amide bonds. The molecule has 3 rings (SSSR count). The van der Waals surface area contributed by atoms with E-state index in [1.807, 2.05) is 4.90 Å². The second-order valence-corrected chi connectivity index (χ2v) is 9.18. The summed E-state index contributed by atoms with van der Waals surface area (Å²) in [6.07, 6.45) is 1.08. The Hall–Kier alpha value is -1.73. The summed E-state index contributed by atoms with van der Waals surface area (Å²) in [6.45, 7) is 5.70. The van der Waals surface area contributed by atoms with Gasteiger partial charge in [-0.25, -0.2) is 0 Å². The monoisotopic (exact) mass is 489 g/mol. The number of hydrogen-bond donors (Lipinski definition) is 1. The highest BCUT2D eigenvalue weighted by molar-refractivity contribution is 6.50. The number of anilines is 2. The van der Waals surface area contributed by atoms with Gasteiger partial charge in [0.15, 0.2) is 0 Å². The first-order valence-corrected chi connectivity index (χ1v) is 10.8. The van der Waals surface area contributed by atoms with Gasteiger partial charge in [-0.15, -0.1) is 0 Å². The number of rotatable bonds is 4. The third-order valence-corrected chi connectivity index (χ3v) is 6.57. The number of nitrogens with one attached hydrogen (secondary N) is 1. The molecule has 0 spiro atoms. The van der Waals surface area contributed by atoms with Crippen LogP contribution in [0, 0.1) is 22.0 Å². The number of nitrogens with zero attached hydrogens (tertiary/aromatic N) is 2. The van der Waals surface area contributed by atoms with Crippen molar-refractivity contribution in [1.29, 1.82) is 0 Å². The van der Waals surface area contributed by atoms with Gasteiger partial charge in [0.2, 0.25) is 0 Å². The van der Waals surface area contributed by atoms with Gasteiger partial charge in [-0.1, -0.05) is 60.3 Å². The van der Waals surface area contributed by atoms with E-state index in [-0.39, 0.29) is 37.0 Å². The average molecular weight is 491 g/mol. The Morgan fingerprint density at radius 2 is 1.63 bits per heavy atom. The Kier molecular flexibility index (Phi) is 7.02. The van der Waals surface area contributed by atoms with Crippen LogP contribution in [-0.4, -0.2) is 23.9 Å². The zero-order valence-electron chi connectivity index (χ0n) is 16.2. The molecule has 0 aliphatic carbocycles. The first-order valence-electron chi connectivity index (χ1n) is 9.26. The normalized spacial score (nSPS) is 18.9. The summed E-state index contributed by atoms with van der Waals surface area (Å²) in [5.41, 5.74) is 0.500. The summed E-state index contributed by atoms with van der Waals surface area (Å²) in [5.74, 6) is 0.230. The van der Waals surface area contributed by atoms with Gasteiger partial charge in [-0.2, -0.15) is 0 Å². The molecular formula is C20H19Cl4N3O3. The molecule has 0 unspecified atom stereocenters. The Bertz CT molecular complexity index is 979. The van der Waals surface area contributed by atoms with Crippen molar-refractivity contribution in [3.05, 3.63) is 60.0 Å². The third-order valence-electron chi connectivity index (χ3n) is 4.99. The smallest absolute Gasteiger partial charge is 0.293 e. The van der Waals surface area contributed by atoms with E-state index in [4.69, 9.17) is 46.4 Å². The van der Waals surface area contributed by atoms with Crippen LogP contribution in [0.15, 0.2) is 24.3 Å². The minimum absolute atomic E-state index is 0.0295. The number of halogens is 4. The minimum Gasteiger partial charge on any atom is -0.365 e. The molecule has 1 aliphatic heterocycles. The van der Waals surface area contributed by atoms with Crippen molar-refractivity contribution in [1.82, 2.24) is 0 Å². The van der Waals surface area contributed by atoms with Gasteiger partial charge in [0.05, 0.1) is 30.7 Å². The Morgan fingerprint density at radius 1 is 1.07 bits per heavy atom. The fraction of sp³-hybridized carbons (Fsp3) is 0.350. The van der Waals surface area contributed by atoms with Crippen molar-refractivity contribution in [2.45, 2.75) is 20.3 Å². The van der Waals surface area contributed by atoms with Crippen LogP contribution in [0.3, 0.4) is 0 Å². The molecule has 0 aromatic heterocycles. The molecule has 30 heavy (non-hydrogen) atoms. The van der Waals surface area contributed by atoms with Crippen molar-refractivity contribution in [3.63, 3.8) is 0 Å². The van der Waals surface area contributed by atoms with E-state index in [0.717, 1.165) is 19.5 Å². The predicted octanol–water partition coefficient (Wildman–Crippen LogP) is 6.94. The number of amides is 1. The number of carbonyl (C=O) groups is 1. The fourth-order valence-corrected chi connectivity index (χ4v) is 4.71. The quantitative estimate of drug-likeness (QED) is 0.286. The first kappa shape index (κ1) is 22.9. The maximum atomic E-state index is 12.8. The van der Waals surface area contributed by atoms with Crippen LogP contribution in [0.2, 0.25) is 20.1 Å². The maximum absolute atomic E-state index is 12.8. The second kappa shape index (κ2) is 9.18. The molecule has 1 heterocycles. The molecule has 2 aromatic rings. The van der Waals surface area contributed by atoms with Gasteiger partial charge in [-0.3, -0.25) is 14.9 Å². The predicted molar refractivity (Wildman–Crippen MR) is 123 cm³/mol. The summed E-state index contributed by atoms with van der Waals surface area (Å²) in [5, 5.41) is 14.6. The molecule has 0 bridgehead atoms. The van der Waals surface area contributed by atoms with Crippen LogP contribution in [0.25, 0.3) is 0 Å². The van der Waals surface area contributed by atoms with E-state index in [1.54, 1.807) is 6.07 Å². The molecule has 10 heteroatoms. The molecule has 1 saturated heterocycles. The molecule has 0 saturated carbocycles. The number of hydrogen-bond acceptors (Lipinski definition) is 4. The second-order valence-electron chi connectivity index (χ2n) is 7.61. The lowest BCUT2D eigenvalue weighted by Crippen LogP contribution is -2.39. The lowest BCUT2D eigenvalue weighted by atomic mass is 9.91. The molecular weight excluding hydrogens is 472 g/mol. The van der Waals surface area contributed by atoms with Crippen LogP contribution < -0.4 is 10.2 Å². The van der Waals surface area contributed by atoms with Crippen molar-refractivity contribution in [3.8, 4) is 0 Å². The summed E-state index contributed by atoms with van der Waals surface area (Å²) in [4.78, 5) is 26.0. The lowest BCUT2D eigenvalue weighted by molar-refractivity contribution is -0.384. The molecule has 0 radical (unpaired) electrons. The summed E-state index contributed by atoms with van der Waals surface area (Å²) >= 11 is 24.3. The van der Waals surface area contributed by atoms with E-state index < -0.39 is 10.8 Å². The number of nitro groups is 1. The van der Waals surface area contributed by atoms with E-state index in [0.29, 0.717) is 17.5 Å². The summed E-state index contributed by atoms with van der Waals surface area (Å²) in [7, 11) is 0. The van der Waals surface area contributed by atoms with Crippen molar-refractivity contribution in [2.75, 3.05) is 23.3 Å². The average Bonchev–Trinajstić information content (AvgIpc) is 2.68. The fourth-order valence-electron chi connectivity index (χ4n) is 3.81. The van der Waals surface area contributed by atoms with Gasteiger partial charge in [0.1, 0.15) is 5.69 Å². The van der Waals surface area contributed by atoms with Gasteiger partial charge >= 0.3 is 0 Å². The van der Waals surface area contributed by atoms with Gasteiger partial charge in [0, 0.05) is 24.7 Å². The topological polar surface area (TPSA) is 75.5 Å². The number of carbonyl (C=O) groups excluding carboxylic acids is 1. The number of piperidine rings is 1. The lowest BCUT2D eigenvalue weighted by Gasteiger charge is -2.36. The van der Waals surface area contributed by atoms with Crippen molar-refractivity contribution >= 4 is 69.4 Å².